The molecule has 0 heterocycles. The molecule has 0 saturated heterocycles. The van der Waals surface area contributed by atoms with Crippen molar-refractivity contribution < 1.29 is 18.3 Å². The maximum Gasteiger partial charge on any atom is 0.310 e. The first-order chi connectivity index (χ1) is 9.25. The molecule has 1 aromatic rings. The fraction of sp³-hybridized carbons (Fsp3) is 0.385. The largest absolute Gasteiger partial charge is 0.481 e. The first-order valence-electron chi connectivity index (χ1n) is 5.98. The van der Waals surface area contributed by atoms with Crippen LogP contribution in [-0.2, 0) is 14.8 Å². The number of hydrogen-bond donors (Lipinski definition) is 2. The average molecular weight is 296 g/mol. The van der Waals surface area contributed by atoms with E-state index in [2.05, 4.69) is 4.72 Å². The van der Waals surface area contributed by atoms with Gasteiger partial charge in [0.25, 0.3) is 0 Å². The Hall–Kier alpha value is -1.91. The van der Waals surface area contributed by atoms with Crippen LogP contribution in [0.3, 0.4) is 0 Å². The Kier molecular flexibility index (Phi) is 4.87. The van der Waals surface area contributed by atoms with Crippen molar-refractivity contribution in [3.63, 3.8) is 0 Å². The van der Waals surface area contributed by atoms with Crippen LogP contribution in [0.2, 0.25) is 0 Å². The van der Waals surface area contributed by atoms with E-state index in [1.807, 2.05) is 6.07 Å². The Morgan fingerprint density at radius 3 is 2.65 bits per heavy atom. The zero-order valence-electron chi connectivity index (χ0n) is 11.3. The van der Waals surface area contributed by atoms with E-state index in [-0.39, 0.29) is 17.0 Å². The molecule has 0 saturated carbocycles. The van der Waals surface area contributed by atoms with Gasteiger partial charge in [-0.2, -0.15) is 5.26 Å². The second-order valence-electron chi connectivity index (χ2n) is 4.68. The monoisotopic (exact) mass is 296 g/mol. The van der Waals surface area contributed by atoms with Crippen molar-refractivity contribution in [1.82, 2.24) is 4.72 Å². The molecule has 1 atom stereocenters. The number of sulfonamides is 1. The smallest absolute Gasteiger partial charge is 0.310 e. The Labute approximate surface area is 118 Å². The molecule has 1 aromatic carbocycles. The lowest BCUT2D eigenvalue weighted by Crippen LogP contribution is -2.40. The van der Waals surface area contributed by atoms with Crippen LogP contribution in [0.1, 0.15) is 25.8 Å². The summed E-state index contributed by atoms with van der Waals surface area (Å²) >= 11 is 0. The molecule has 7 heteroatoms. The molecule has 0 aliphatic heterocycles. The third-order valence-corrected chi connectivity index (χ3v) is 4.62. The van der Waals surface area contributed by atoms with Crippen molar-refractivity contribution in [2.24, 2.45) is 5.41 Å². The number of rotatable bonds is 6. The van der Waals surface area contributed by atoms with Crippen LogP contribution in [0, 0.1) is 16.7 Å². The van der Waals surface area contributed by atoms with E-state index in [9.17, 15) is 13.2 Å². The normalized spacial score (nSPS) is 14.2. The molecule has 108 valence electrons. The highest BCUT2D eigenvalue weighted by atomic mass is 32.2. The second-order valence-corrected chi connectivity index (χ2v) is 6.45. The molecule has 0 aliphatic rings. The first kappa shape index (κ1) is 16.1. The van der Waals surface area contributed by atoms with E-state index in [1.165, 1.54) is 31.2 Å². The zero-order chi connectivity index (χ0) is 15.4. The van der Waals surface area contributed by atoms with Crippen LogP contribution >= 0.6 is 0 Å². The number of nitriles is 1. The second kappa shape index (κ2) is 6.03. The van der Waals surface area contributed by atoms with Crippen molar-refractivity contribution in [2.45, 2.75) is 25.2 Å². The molecule has 0 bridgehead atoms. The van der Waals surface area contributed by atoms with E-state index >= 15 is 0 Å². The number of nitrogens with zero attached hydrogens (tertiary/aromatic N) is 1. The van der Waals surface area contributed by atoms with Gasteiger partial charge in [-0.15, -0.1) is 0 Å². The number of aliphatic carboxylic acids is 1. The fourth-order valence-electron chi connectivity index (χ4n) is 1.42. The summed E-state index contributed by atoms with van der Waals surface area (Å²) in [5.41, 5.74) is -0.940. The van der Waals surface area contributed by atoms with Crippen LogP contribution in [0.15, 0.2) is 29.2 Å². The summed E-state index contributed by atoms with van der Waals surface area (Å²) in [5.74, 6) is -1.06. The molecule has 1 unspecified atom stereocenters. The van der Waals surface area contributed by atoms with Crippen molar-refractivity contribution in [3.8, 4) is 6.07 Å². The molecule has 0 radical (unpaired) electrons. The first-order valence-corrected chi connectivity index (χ1v) is 7.47. The third kappa shape index (κ3) is 3.56. The maximum absolute atomic E-state index is 12.1. The molecule has 6 nitrogen and oxygen atoms in total. The summed E-state index contributed by atoms with van der Waals surface area (Å²) in [6.07, 6.45) is 0.295. The van der Waals surface area contributed by atoms with Crippen molar-refractivity contribution in [3.05, 3.63) is 29.8 Å². The van der Waals surface area contributed by atoms with Crippen molar-refractivity contribution >= 4 is 16.0 Å². The minimum absolute atomic E-state index is 0.0552. The molecule has 2 N–H and O–H groups in total. The topological polar surface area (TPSA) is 107 Å². The summed E-state index contributed by atoms with van der Waals surface area (Å²) in [6.45, 7) is 2.94. The molecule has 20 heavy (non-hydrogen) atoms. The van der Waals surface area contributed by atoms with E-state index in [0.29, 0.717) is 6.42 Å². The standard InChI is InChI=1S/C13H16N2O4S/c1-3-13(2,12(16)17)9-15-20(18,19)11-6-4-5-10(7-11)8-14/h4-7,15H,3,9H2,1-2H3,(H,16,17). The number of carboxylic acids is 1. The summed E-state index contributed by atoms with van der Waals surface area (Å²) in [6, 6.07) is 7.41. The van der Waals surface area contributed by atoms with E-state index in [4.69, 9.17) is 10.4 Å². The Morgan fingerprint density at radius 1 is 1.50 bits per heavy atom. The summed E-state index contributed by atoms with van der Waals surface area (Å²) in [5, 5.41) is 17.9. The Bertz CT molecular complexity index is 649. The number of carboxylic acid groups (broad SMARTS) is 1. The summed E-state index contributed by atoms with van der Waals surface area (Å²) in [7, 11) is -3.83. The van der Waals surface area contributed by atoms with Gasteiger partial charge >= 0.3 is 5.97 Å². The highest BCUT2D eigenvalue weighted by Gasteiger charge is 2.32. The summed E-state index contributed by atoms with van der Waals surface area (Å²) < 4.78 is 26.4. The van der Waals surface area contributed by atoms with Crippen LogP contribution in [0.25, 0.3) is 0 Å². The van der Waals surface area contributed by atoms with Gasteiger partial charge in [-0.25, -0.2) is 13.1 Å². The van der Waals surface area contributed by atoms with Crippen molar-refractivity contribution in [1.29, 1.82) is 5.26 Å². The van der Waals surface area contributed by atoms with Gasteiger partial charge in [0.1, 0.15) is 0 Å². The van der Waals surface area contributed by atoms with Gasteiger partial charge in [0.2, 0.25) is 10.0 Å². The lowest BCUT2D eigenvalue weighted by Gasteiger charge is -2.23. The van der Waals surface area contributed by atoms with Crippen LogP contribution in [0.4, 0.5) is 0 Å². The van der Waals surface area contributed by atoms with E-state index < -0.39 is 21.4 Å². The zero-order valence-corrected chi connectivity index (χ0v) is 12.1. The van der Waals surface area contributed by atoms with Gasteiger partial charge in [-0.05, 0) is 31.5 Å². The van der Waals surface area contributed by atoms with Gasteiger partial charge in [0.15, 0.2) is 0 Å². The third-order valence-electron chi connectivity index (χ3n) is 3.22. The predicted molar refractivity (Wildman–Crippen MR) is 72.4 cm³/mol. The lowest BCUT2D eigenvalue weighted by molar-refractivity contribution is -0.147. The highest BCUT2D eigenvalue weighted by molar-refractivity contribution is 7.89. The number of nitrogens with one attached hydrogen (secondary N) is 1. The quantitative estimate of drug-likeness (QED) is 0.823. The average Bonchev–Trinajstić information content (AvgIpc) is 2.44. The lowest BCUT2D eigenvalue weighted by atomic mass is 9.88. The Balaban J connectivity index is 2.96. The number of benzene rings is 1. The van der Waals surface area contributed by atoms with Gasteiger partial charge in [0, 0.05) is 6.54 Å². The minimum Gasteiger partial charge on any atom is -0.481 e. The van der Waals surface area contributed by atoms with Gasteiger partial charge in [0.05, 0.1) is 21.9 Å². The van der Waals surface area contributed by atoms with E-state index in [1.54, 1.807) is 6.92 Å². The molecule has 0 aliphatic carbocycles. The van der Waals surface area contributed by atoms with E-state index in [0.717, 1.165) is 0 Å². The molecular formula is C13H16N2O4S. The number of hydrogen-bond acceptors (Lipinski definition) is 4. The van der Waals surface area contributed by atoms with Gasteiger partial charge in [-0.1, -0.05) is 13.0 Å². The van der Waals surface area contributed by atoms with Gasteiger partial charge < -0.3 is 5.11 Å². The molecule has 1 rings (SSSR count). The molecular weight excluding hydrogens is 280 g/mol. The van der Waals surface area contributed by atoms with Crippen LogP contribution < -0.4 is 4.72 Å². The van der Waals surface area contributed by atoms with Crippen molar-refractivity contribution in [2.75, 3.05) is 6.54 Å². The molecule has 0 fully saturated rings. The maximum atomic E-state index is 12.1. The predicted octanol–water partition coefficient (Wildman–Crippen LogP) is 1.34. The molecule has 0 spiro atoms. The SMILES string of the molecule is CCC(C)(CNS(=O)(=O)c1cccc(C#N)c1)C(=O)O. The highest BCUT2D eigenvalue weighted by Crippen LogP contribution is 2.21. The van der Waals surface area contributed by atoms with Crippen LogP contribution in [-0.4, -0.2) is 26.0 Å². The Morgan fingerprint density at radius 2 is 2.15 bits per heavy atom. The minimum atomic E-state index is -3.83. The molecule has 0 aromatic heterocycles. The number of carbonyl (C=O) groups is 1. The van der Waals surface area contributed by atoms with Gasteiger partial charge in [-0.3, -0.25) is 4.79 Å². The van der Waals surface area contributed by atoms with Crippen LogP contribution in [0.5, 0.6) is 0 Å². The fourth-order valence-corrected chi connectivity index (χ4v) is 2.64. The summed E-state index contributed by atoms with van der Waals surface area (Å²) in [4.78, 5) is 11.1. The molecule has 0 amide bonds.